The van der Waals surface area contributed by atoms with Crippen LogP contribution in [0.5, 0.6) is 0 Å². The van der Waals surface area contributed by atoms with E-state index in [1.54, 1.807) is 11.0 Å². The standard InChI is InChI=1S/C18H25N5O3/c1-22(6-7-24)8-13-9-23(10-14(13)11-25)18(26)16-5-3-2-4-15(16)17-19-12-20-21-17/h2-5,12-14,24-25H,6-11H2,1H3,(H,19,20,21)/t13-,14-/m1/s1. The lowest BCUT2D eigenvalue weighted by atomic mass is 9.96. The van der Waals surface area contributed by atoms with Crippen molar-refractivity contribution >= 4 is 5.91 Å². The smallest absolute Gasteiger partial charge is 0.254 e. The zero-order valence-electron chi connectivity index (χ0n) is 14.9. The summed E-state index contributed by atoms with van der Waals surface area (Å²) in [5, 5.41) is 25.5. The fraction of sp³-hybridized carbons (Fsp3) is 0.500. The molecule has 0 saturated carbocycles. The van der Waals surface area contributed by atoms with Crippen molar-refractivity contribution < 1.29 is 15.0 Å². The lowest BCUT2D eigenvalue weighted by Crippen LogP contribution is -2.33. The van der Waals surface area contributed by atoms with Crippen LogP contribution in [0, 0.1) is 11.8 Å². The molecule has 3 N–H and O–H groups in total. The number of benzene rings is 1. The summed E-state index contributed by atoms with van der Waals surface area (Å²) >= 11 is 0. The minimum atomic E-state index is -0.0669. The second-order valence-electron chi connectivity index (χ2n) is 6.78. The predicted molar refractivity (Wildman–Crippen MR) is 96.4 cm³/mol. The van der Waals surface area contributed by atoms with Crippen molar-refractivity contribution in [3.8, 4) is 11.4 Å². The monoisotopic (exact) mass is 359 g/mol. The van der Waals surface area contributed by atoms with Crippen molar-refractivity contribution in [1.82, 2.24) is 25.0 Å². The van der Waals surface area contributed by atoms with Gasteiger partial charge in [-0.2, -0.15) is 5.10 Å². The molecule has 2 atom stereocenters. The first kappa shape index (κ1) is 18.5. The molecule has 0 aliphatic carbocycles. The maximum absolute atomic E-state index is 13.1. The molecule has 1 aromatic heterocycles. The van der Waals surface area contributed by atoms with E-state index >= 15 is 0 Å². The van der Waals surface area contributed by atoms with E-state index in [1.165, 1.54) is 6.33 Å². The molecule has 140 valence electrons. The number of nitrogens with one attached hydrogen (secondary N) is 1. The Morgan fingerprint density at radius 3 is 2.77 bits per heavy atom. The van der Waals surface area contributed by atoms with Gasteiger partial charge < -0.3 is 20.0 Å². The van der Waals surface area contributed by atoms with Gasteiger partial charge in [-0.15, -0.1) is 0 Å². The molecule has 2 aromatic rings. The molecular formula is C18H25N5O3. The van der Waals surface area contributed by atoms with Gasteiger partial charge in [0, 0.05) is 44.3 Å². The third-order valence-corrected chi connectivity index (χ3v) is 4.95. The number of amides is 1. The molecule has 1 saturated heterocycles. The highest BCUT2D eigenvalue weighted by molar-refractivity contribution is 6.00. The van der Waals surface area contributed by atoms with E-state index < -0.39 is 0 Å². The summed E-state index contributed by atoms with van der Waals surface area (Å²) < 4.78 is 0. The van der Waals surface area contributed by atoms with Gasteiger partial charge in [0.25, 0.3) is 5.91 Å². The molecule has 0 radical (unpaired) electrons. The van der Waals surface area contributed by atoms with Crippen molar-refractivity contribution in [2.45, 2.75) is 0 Å². The molecule has 8 heteroatoms. The predicted octanol–water partition coefficient (Wildman–Crippen LogP) is 0.0763. The number of carbonyl (C=O) groups is 1. The Morgan fingerprint density at radius 1 is 1.31 bits per heavy atom. The molecule has 1 aliphatic rings. The number of hydrogen-bond donors (Lipinski definition) is 3. The Bertz CT molecular complexity index is 721. The van der Waals surface area contributed by atoms with Gasteiger partial charge in [-0.25, -0.2) is 4.98 Å². The number of likely N-dealkylation sites (N-methyl/N-ethyl adjacent to an activating group) is 1. The number of aliphatic hydroxyl groups excluding tert-OH is 2. The van der Waals surface area contributed by atoms with Gasteiger partial charge >= 0.3 is 0 Å². The Hall–Kier alpha value is -2.29. The molecule has 1 aliphatic heterocycles. The lowest BCUT2D eigenvalue weighted by molar-refractivity contribution is 0.0779. The number of likely N-dealkylation sites (tertiary alicyclic amines) is 1. The molecule has 26 heavy (non-hydrogen) atoms. The highest BCUT2D eigenvalue weighted by Gasteiger charge is 2.36. The van der Waals surface area contributed by atoms with Gasteiger partial charge in [0.15, 0.2) is 5.82 Å². The van der Waals surface area contributed by atoms with Crippen LogP contribution in [0.1, 0.15) is 10.4 Å². The maximum Gasteiger partial charge on any atom is 0.254 e. The fourth-order valence-electron chi connectivity index (χ4n) is 3.56. The van der Waals surface area contributed by atoms with Crippen LogP contribution in [-0.2, 0) is 0 Å². The minimum Gasteiger partial charge on any atom is -0.396 e. The van der Waals surface area contributed by atoms with E-state index in [2.05, 4.69) is 15.2 Å². The third-order valence-electron chi connectivity index (χ3n) is 4.95. The van der Waals surface area contributed by atoms with Crippen LogP contribution in [0.15, 0.2) is 30.6 Å². The van der Waals surface area contributed by atoms with Crippen LogP contribution in [0.25, 0.3) is 11.4 Å². The molecule has 0 unspecified atom stereocenters. The van der Waals surface area contributed by atoms with E-state index in [-0.39, 0.29) is 31.0 Å². The number of nitrogens with zero attached hydrogens (tertiary/aromatic N) is 4. The second-order valence-corrected chi connectivity index (χ2v) is 6.78. The van der Waals surface area contributed by atoms with Crippen molar-refractivity contribution in [2.75, 3.05) is 46.4 Å². The number of carbonyl (C=O) groups excluding carboxylic acids is 1. The highest BCUT2D eigenvalue weighted by atomic mass is 16.3. The molecular weight excluding hydrogens is 334 g/mol. The summed E-state index contributed by atoms with van der Waals surface area (Å²) in [6.45, 7) is 2.57. The van der Waals surface area contributed by atoms with Gasteiger partial charge in [0.1, 0.15) is 6.33 Å². The maximum atomic E-state index is 13.1. The van der Waals surface area contributed by atoms with Crippen molar-refractivity contribution in [2.24, 2.45) is 11.8 Å². The molecule has 0 spiro atoms. The van der Waals surface area contributed by atoms with Gasteiger partial charge in [-0.05, 0) is 19.0 Å². The Kier molecular flexibility index (Phi) is 5.97. The van der Waals surface area contributed by atoms with Crippen LogP contribution < -0.4 is 0 Å². The first-order valence-electron chi connectivity index (χ1n) is 8.78. The first-order valence-corrected chi connectivity index (χ1v) is 8.78. The van der Waals surface area contributed by atoms with Gasteiger partial charge in [0.2, 0.25) is 0 Å². The van der Waals surface area contributed by atoms with Crippen LogP contribution in [0.2, 0.25) is 0 Å². The quantitative estimate of drug-likeness (QED) is 0.646. The van der Waals surface area contributed by atoms with Crippen molar-refractivity contribution in [3.05, 3.63) is 36.2 Å². The summed E-state index contributed by atoms with van der Waals surface area (Å²) in [6, 6.07) is 7.33. The van der Waals surface area contributed by atoms with E-state index in [0.717, 1.165) is 12.1 Å². The van der Waals surface area contributed by atoms with Gasteiger partial charge in [-0.1, -0.05) is 18.2 Å². The van der Waals surface area contributed by atoms with Crippen LogP contribution in [0.3, 0.4) is 0 Å². The number of hydrogen-bond acceptors (Lipinski definition) is 6. The summed E-state index contributed by atoms with van der Waals surface area (Å²) in [5.74, 6) is 0.712. The molecule has 1 amide bonds. The average Bonchev–Trinajstić information content (AvgIpc) is 3.31. The van der Waals surface area contributed by atoms with Gasteiger partial charge in [-0.3, -0.25) is 9.89 Å². The molecule has 1 fully saturated rings. The van der Waals surface area contributed by atoms with E-state index in [4.69, 9.17) is 5.11 Å². The molecule has 8 nitrogen and oxygen atoms in total. The third kappa shape index (κ3) is 3.92. The molecule has 0 bridgehead atoms. The first-order chi connectivity index (χ1) is 12.6. The largest absolute Gasteiger partial charge is 0.396 e. The molecule has 1 aromatic carbocycles. The number of aliphatic hydroxyl groups is 2. The van der Waals surface area contributed by atoms with Crippen molar-refractivity contribution in [1.29, 1.82) is 0 Å². The van der Waals surface area contributed by atoms with Crippen LogP contribution in [0.4, 0.5) is 0 Å². The zero-order valence-corrected chi connectivity index (χ0v) is 14.9. The molecule has 2 heterocycles. The van der Waals surface area contributed by atoms with Crippen molar-refractivity contribution in [3.63, 3.8) is 0 Å². The number of H-pyrrole nitrogens is 1. The Labute approximate surface area is 152 Å². The normalized spacial score (nSPS) is 20.1. The summed E-state index contributed by atoms with van der Waals surface area (Å²) in [7, 11) is 1.94. The average molecular weight is 359 g/mol. The van der Waals surface area contributed by atoms with Crippen LogP contribution in [-0.4, -0.2) is 87.5 Å². The summed E-state index contributed by atoms with van der Waals surface area (Å²) in [5.41, 5.74) is 1.29. The zero-order chi connectivity index (χ0) is 18.5. The second kappa shape index (κ2) is 8.39. The topological polar surface area (TPSA) is 106 Å². The fourth-order valence-corrected chi connectivity index (χ4v) is 3.56. The Morgan fingerprint density at radius 2 is 2.08 bits per heavy atom. The SMILES string of the molecule is CN(CCO)C[C@@H]1CN(C(=O)c2ccccc2-c2ncn[nH]2)C[C@@H]1CO. The van der Waals surface area contributed by atoms with E-state index in [0.29, 0.717) is 31.0 Å². The summed E-state index contributed by atoms with van der Waals surface area (Å²) in [4.78, 5) is 21.1. The van der Waals surface area contributed by atoms with Crippen LogP contribution >= 0.6 is 0 Å². The number of rotatable bonds is 7. The number of aromatic amines is 1. The number of aromatic nitrogens is 3. The lowest BCUT2D eigenvalue weighted by Gasteiger charge is -2.23. The highest BCUT2D eigenvalue weighted by Crippen LogP contribution is 2.28. The minimum absolute atomic E-state index is 0.0394. The van der Waals surface area contributed by atoms with Gasteiger partial charge in [0.05, 0.1) is 12.2 Å². The van der Waals surface area contributed by atoms with E-state index in [1.807, 2.05) is 30.1 Å². The Balaban J connectivity index is 1.77. The summed E-state index contributed by atoms with van der Waals surface area (Å²) in [6.07, 6.45) is 1.42. The van der Waals surface area contributed by atoms with E-state index in [9.17, 15) is 9.90 Å². The molecule has 3 rings (SSSR count).